The van der Waals surface area contributed by atoms with Crippen LogP contribution < -0.4 is 0 Å². The number of imide groups is 1. The molecule has 1 aliphatic heterocycles. The number of likely N-dealkylation sites (N-methyl/N-ethyl adjacent to an activating group) is 1. The molecule has 1 saturated carbocycles. The predicted molar refractivity (Wildman–Crippen MR) is 90.1 cm³/mol. The topological polar surface area (TPSA) is 57.7 Å². The molecule has 2 aliphatic rings. The van der Waals surface area contributed by atoms with Crippen molar-refractivity contribution in [2.45, 2.75) is 32.2 Å². The molecular weight excluding hydrogens is 347 g/mol. The molecule has 7 heteroatoms. The van der Waals surface area contributed by atoms with E-state index in [9.17, 15) is 18.8 Å². The van der Waals surface area contributed by atoms with Gasteiger partial charge in [-0.1, -0.05) is 30.5 Å². The number of carbonyl (C=O) groups excluding carboxylic acids is 3. The van der Waals surface area contributed by atoms with Crippen LogP contribution in [-0.2, 0) is 20.9 Å². The second kappa shape index (κ2) is 7.12. The third kappa shape index (κ3) is 3.40. The first-order chi connectivity index (χ1) is 11.9. The molecule has 0 radical (unpaired) electrons. The van der Waals surface area contributed by atoms with Crippen molar-refractivity contribution in [2.24, 2.45) is 11.8 Å². The van der Waals surface area contributed by atoms with Gasteiger partial charge in [0.25, 0.3) is 0 Å². The molecule has 0 N–H and O–H groups in total. The number of hydrogen-bond acceptors (Lipinski definition) is 3. The van der Waals surface area contributed by atoms with Crippen LogP contribution in [0.4, 0.5) is 4.39 Å². The van der Waals surface area contributed by atoms with Gasteiger partial charge in [0.2, 0.25) is 17.7 Å². The lowest BCUT2D eigenvalue weighted by molar-refractivity contribution is -0.146. The number of halogens is 2. The van der Waals surface area contributed by atoms with Gasteiger partial charge in [-0.15, -0.1) is 0 Å². The number of fused-ring (bicyclic) bond motifs is 1. The molecule has 5 nitrogen and oxygen atoms in total. The van der Waals surface area contributed by atoms with Crippen molar-refractivity contribution in [3.05, 3.63) is 34.6 Å². The first kappa shape index (κ1) is 17.9. The Morgan fingerprint density at radius 1 is 1.24 bits per heavy atom. The maximum Gasteiger partial charge on any atom is 0.242 e. The Kier molecular flexibility index (Phi) is 5.08. The van der Waals surface area contributed by atoms with E-state index >= 15 is 0 Å². The zero-order valence-electron chi connectivity index (χ0n) is 14.0. The zero-order chi connectivity index (χ0) is 18.1. The van der Waals surface area contributed by atoms with E-state index in [4.69, 9.17) is 11.6 Å². The molecule has 0 aromatic heterocycles. The molecule has 3 rings (SSSR count). The summed E-state index contributed by atoms with van der Waals surface area (Å²) in [5.74, 6) is -1.97. The summed E-state index contributed by atoms with van der Waals surface area (Å²) in [6, 6.07) is 4.32. The number of nitrogens with zero attached hydrogens (tertiary/aromatic N) is 2. The van der Waals surface area contributed by atoms with Crippen molar-refractivity contribution in [3.8, 4) is 0 Å². The Morgan fingerprint density at radius 3 is 2.40 bits per heavy atom. The molecule has 3 amide bonds. The fourth-order valence-corrected chi connectivity index (χ4v) is 3.87. The summed E-state index contributed by atoms with van der Waals surface area (Å²) in [5, 5.41) is 0.235. The standard InChI is InChI=1S/C18H20ClFN2O3/c1-21(9-13-14(19)7-4-8-15(13)20)16(23)10-22-17(24)11-5-2-3-6-12(11)18(22)25/h4,7-8,11-12H,2-3,5-6,9-10H2,1H3. The minimum atomic E-state index is -0.494. The van der Waals surface area contributed by atoms with Gasteiger partial charge in [-0.3, -0.25) is 19.3 Å². The van der Waals surface area contributed by atoms with Gasteiger partial charge in [0.05, 0.1) is 11.8 Å². The number of rotatable bonds is 4. The minimum Gasteiger partial charge on any atom is -0.340 e. The molecule has 0 spiro atoms. The predicted octanol–water partition coefficient (Wildman–Crippen LogP) is 2.61. The highest BCUT2D eigenvalue weighted by Gasteiger charge is 2.48. The minimum absolute atomic E-state index is 0.0204. The van der Waals surface area contributed by atoms with E-state index in [2.05, 4.69) is 0 Å². The van der Waals surface area contributed by atoms with Crippen LogP contribution in [0.5, 0.6) is 0 Å². The Labute approximate surface area is 150 Å². The Hall–Kier alpha value is -1.95. The van der Waals surface area contributed by atoms with Crippen molar-refractivity contribution in [1.29, 1.82) is 0 Å². The summed E-state index contributed by atoms with van der Waals surface area (Å²) in [4.78, 5) is 39.6. The molecule has 134 valence electrons. The molecule has 2 fully saturated rings. The smallest absolute Gasteiger partial charge is 0.242 e. The summed E-state index contributed by atoms with van der Waals surface area (Å²) >= 11 is 5.98. The monoisotopic (exact) mass is 366 g/mol. The number of benzene rings is 1. The lowest BCUT2D eigenvalue weighted by atomic mass is 9.81. The third-order valence-corrected chi connectivity index (χ3v) is 5.46. The average Bonchev–Trinajstić information content (AvgIpc) is 2.83. The zero-order valence-corrected chi connectivity index (χ0v) is 14.8. The maximum absolute atomic E-state index is 13.9. The second-order valence-electron chi connectivity index (χ2n) is 6.71. The van der Waals surface area contributed by atoms with Crippen LogP contribution in [0.2, 0.25) is 5.02 Å². The van der Waals surface area contributed by atoms with Gasteiger partial charge in [-0.25, -0.2) is 4.39 Å². The van der Waals surface area contributed by atoms with Crippen LogP contribution in [0.25, 0.3) is 0 Å². The highest BCUT2D eigenvalue weighted by Crippen LogP contribution is 2.37. The Bertz CT molecular complexity index is 680. The molecule has 1 aliphatic carbocycles. The summed E-state index contributed by atoms with van der Waals surface area (Å²) in [5.41, 5.74) is 0.216. The van der Waals surface area contributed by atoms with Gasteiger partial charge < -0.3 is 4.90 Å². The molecule has 1 saturated heterocycles. The summed E-state index contributed by atoms with van der Waals surface area (Å²) in [7, 11) is 1.50. The molecule has 25 heavy (non-hydrogen) atoms. The SMILES string of the molecule is CN(Cc1c(F)cccc1Cl)C(=O)CN1C(=O)C2CCCCC2C1=O. The van der Waals surface area contributed by atoms with E-state index in [1.165, 1.54) is 24.1 Å². The second-order valence-corrected chi connectivity index (χ2v) is 7.12. The first-order valence-electron chi connectivity index (χ1n) is 8.42. The van der Waals surface area contributed by atoms with E-state index in [0.717, 1.165) is 17.7 Å². The molecule has 1 aromatic carbocycles. The first-order valence-corrected chi connectivity index (χ1v) is 8.80. The van der Waals surface area contributed by atoms with Gasteiger partial charge >= 0.3 is 0 Å². The summed E-state index contributed by atoms with van der Waals surface area (Å²) < 4.78 is 13.9. The fraction of sp³-hybridized carbons (Fsp3) is 0.500. The van der Waals surface area contributed by atoms with Crippen LogP contribution in [0.3, 0.4) is 0 Å². The van der Waals surface area contributed by atoms with E-state index in [1.807, 2.05) is 0 Å². The number of amides is 3. The quantitative estimate of drug-likeness (QED) is 0.770. The fourth-order valence-electron chi connectivity index (χ4n) is 3.65. The van der Waals surface area contributed by atoms with E-state index < -0.39 is 11.7 Å². The van der Waals surface area contributed by atoms with E-state index in [1.54, 1.807) is 6.07 Å². The third-order valence-electron chi connectivity index (χ3n) is 5.11. The van der Waals surface area contributed by atoms with Gasteiger partial charge in [0.1, 0.15) is 12.4 Å². The van der Waals surface area contributed by atoms with E-state index in [-0.39, 0.29) is 47.3 Å². The number of likely N-dealkylation sites (tertiary alicyclic amines) is 1. The Morgan fingerprint density at radius 2 is 1.84 bits per heavy atom. The van der Waals surface area contributed by atoms with Gasteiger partial charge in [0.15, 0.2) is 0 Å². The van der Waals surface area contributed by atoms with Crippen molar-refractivity contribution >= 4 is 29.3 Å². The normalized spacial score (nSPS) is 22.9. The molecule has 1 heterocycles. The van der Waals surface area contributed by atoms with E-state index in [0.29, 0.717) is 12.8 Å². The molecular formula is C18H20ClFN2O3. The number of carbonyl (C=O) groups is 3. The molecule has 1 aromatic rings. The maximum atomic E-state index is 13.9. The lowest BCUT2D eigenvalue weighted by Gasteiger charge is -2.21. The summed E-state index contributed by atoms with van der Waals surface area (Å²) in [6.45, 7) is -0.319. The van der Waals surface area contributed by atoms with Crippen LogP contribution >= 0.6 is 11.6 Å². The molecule has 2 atom stereocenters. The summed E-state index contributed by atoms with van der Waals surface area (Å²) in [6.07, 6.45) is 3.29. The van der Waals surface area contributed by atoms with Crippen molar-refractivity contribution in [2.75, 3.05) is 13.6 Å². The van der Waals surface area contributed by atoms with Crippen LogP contribution in [0.15, 0.2) is 18.2 Å². The highest BCUT2D eigenvalue weighted by molar-refractivity contribution is 6.31. The van der Waals surface area contributed by atoms with Crippen LogP contribution in [0, 0.1) is 17.7 Å². The Balaban J connectivity index is 1.67. The lowest BCUT2D eigenvalue weighted by Crippen LogP contribution is -2.41. The van der Waals surface area contributed by atoms with Crippen LogP contribution in [-0.4, -0.2) is 41.1 Å². The van der Waals surface area contributed by atoms with Crippen LogP contribution in [0.1, 0.15) is 31.2 Å². The van der Waals surface area contributed by atoms with Crippen molar-refractivity contribution in [3.63, 3.8) is 0 Å². The van der Waals surface area contributed by atoms with Gasteiger partial charge in [-0.2, -0.15) is 0 Å². The van der Waals surface area contributed by atoms with Gasteiger partial charge in [-0.05, 0) is 25.0 Å². The number of hydrogen-bond donors (Lipinski definition) is 0. The van der Waals surface area contributed by atoms with Gasteiger partial charge in [0, 0.05) is 24.2 Å². The molecule has 0 bridgehead atoms. The average molecular weight is 367 g/mol. The van der Waals surface area contributed by atoms with Crippen molar-refractivity contribution < 1.29 is 18.8 Å². The largest absolute Gasteiger partial charge is 0.340 e. The molecule has 2 unspecified atom stereocenters. The highest BCUT2D eigenvalue weighted by atomic mass is 35.5. The van der Waals surface area contributed by atoms with Crippen molar-refractivity contribution in [1.82, 2.24) is 9.80 Å².